The number of ketones is 1. The van der Waals surface area contributed by atoms with Gasteiger partial charge in [-0.15, -0.1) is 11.8 Å². The third kappa shape index (κ3) is 2.32. The van der Waals surface area contributed by atoms with Gasteiger partial charge in [-0.05, 0) is 12.8 Å². The molecule has 1 heterocycles. The van der Waals surface area contributed by atoms with Gasteiger partial charge >= 0.3 is 11.9 Å². The smallest absolute Gasteiger partial charge is 0.327 e. The molecule has 1 saturated heterocycles. The largest absolute Gasteiger partial charge is 0.392 e. The number of ether oxygens (including phenoxy) is 1. The molecule has 0 aromatic carbocycles. The van der Waals surface area contributed by atoms with E-state index in [1.807, 2.05) is 0 Å². The topological polar surface area (TPSA) is 60.4 Å². The molecule has 16 heavy (non-hydrogen) atoms. The molecule has 0 bridgehead atoms. The first-order chi connectivity index (χ1) is 7.58. The second-order valence-corrected chi connectivity index (χ2v) is 5.78. The average Bonchev–Trinajstić information content (AvgIpc) is 2.74. The third-order valence-corrected chi connectivity index (χ3v) is 4.41. The van der Waals surface area contributed by atoms with Crippen LogP contribution in [0.25, 0.3) is 0 Å². The Hall–Kier alpha value is -0.750. The Kier molecular flexibility index (Phi) is 3.39. The molecule has 0 spiro atoms. The molecule has 6 heteroatoms. The second kappa shape index (κ2) is 4.63. The van der Waals surface area contributed by atoms with Crippen molar-refractivity contribution in [3.05, 3.63) is 0 Å². The van der Waals surface area contributed by atoms with Crippen LogP contribution in [0, 0.1) is 5.92 Å². The van der Waals surface area contributed by atoms with Crippen molar-refractivity contribution < 1.29 is 19.1 Å². The molecular weight excluding hydrogens is 248 g/mol. The van der Waals surface area contributed by atoms with Crippen LogP contribution < -0.4 is 0 Å². The first-order valence-electron chi connectivity index (χ1n) is 5.05. The lowest BCUT2D eigenvalue weighted by molar-refractivity contribution is -0.151. The minimum Gasteiger partial charge on any atom is -0.392 e. The van der Waals surface area contributed by atoms with Crippen molar-refractivity contribution in [1.29, 1.82) is 0 Å². The zero-order chi connectivity index (χ0) is 11.7. The van der Waals surface area contributed by atoms with E-state index < -0.39 is 17.2 Å². The molecule has 0 aromatic rings. The summed E-state index contributed by atoms with van der Waals surface area (Å²) in [6, 6.07) is 0. The van der Waals surface area contributed by atoms with E-state index in [4.69, 9.17) is 12.2 Å². The van der Waals surface area contributed by atoms with Crippen LogP contribution in [0.1, 0.15) is 25.7 Å². The minimum atomic E-state index is -0.548. The molecule has 1 saturated carbocycles. The van der Waals surface area contributed by atoms with Crippen LogP contribution in [0.4, 0.5) is 0 Å². The maximum atomic E-state index is 11.5. The van der Waals surface area contributed by atoms with Crippen molar-refractivity contribution in [2.45, 2.75) is 30.9 Å². The Morgan fingerprint density at radius 2 is 2.12 bits per heavy atom. The summed E-state index contributed by atoms with van der Waals surface area (Å²) in [5.41, 5.74) is 0. The van der Waals surface area contributed by atoms with Crippen LogP contribution in [-0.2, 0) is 19.1 Å². The molecule has 0 aromatic heterocycles. The van der Waals surface area contributed by atoms with Gasteiger partial charge in [0.15, 0.2) is 0 Å². The summed E-state index contributed by atoms with van der Waals surface area (Å²) in [7, 11) is 0. The Morgan fingerprint density at radius 1 is 1.38 bits per heavy atom. The number of thioether (sulfide) groups is 1. The fraction of sp³-hybridized carbons (Fsp3) is 0.600. The highest BCUT2D eigenvalue weighted by Gasteiger charge is 2.37. The molecule has 0 radical (unpaired) electrons. The molecule has 2 aliphatic rings. The Balaban J connectivity index is 1.94. The van der Waals surface area contributed by atoms with Crippen molar-refractivity contribution in [1.82, 2.24) is 0 Å². The Labute approximate surface area is 102 Å². The maximum Gasteiger partial charge on any atom is 0.327 e. The summed E-state index contributed by atoms with van der Waals surface area (Å²) in [5.74, 6) is -1.12. The van der Waals surface area contributed by atoms with E-state index in [9.17, 15) is 14.4 Å². The lowest BCUT2D eigenvalue weighted by Crippen LogP contribution is -2.19. The summed E-state index contributed by atoms with van der Waals surface area (Å²) < 4.78 is 4.95. The van der Waals surface area contributed by atoms with Crippen LogP contribution in [-0.4, -0.2) is 27.2 Å². The summed E-state index contributed by atoms with van der Waals surface area (Å²) in [6.45, 7) is 0. The number of Topliss-reactive ketones (excluding diaryl/α,β-unsaturated/α-hetero) is 1. The van der Waals surface area contributed by atoms with Crippen LogP contribution in [0.5, 0.6) is 0 Å². The van der Waals surface area contributed by atoms with Gasteiger partial charge in [0, 0.05) is 6.42 Å². The fourth-order valence-electron chi connectivity index (χ4n) is 1.83. The molecule has 1 aliphatic carbocycles. The number of carbonyl (C=O) groups is 3. The van der Waals surface area contributed by atoms with Gasteiger partial charge in [0.1, 0.15) is 11.0 Å². The quantitative estimate of drug-likeness (QED) is 0.422. The molecule has 1 aliphatic heterocycles. The monoisotopic (exact) mass is 258 g/mol. The van der Waals surface area contributed by atoms with Gasteiger partial charge in [0.05, 0.1) is 16.5 Å². The Bertz CT molecular complexity index is 377. The zero-order valence-electron chi connectivity index (χ0n) is 8.43. The van der Waals surface area contributed by atoms with Gasteiger partial charge in [-0.2, -0.15) is 0 Å². The molecule has 86 valence electrons. The highest BCUT2D eigenvalue weighted by atomic mass is 32.2. The molecule has 2 rings (SSSR count). The van der Waals surface area contributed by atoms with E-state index in [-0.39, 0.29) is 18.1 Å². The first kappa shape index (κ1) is 11.7. The molecule has 0 amide bonds. The number of cyclic esters (lactones) is 2. The highest BCUT2D eigenvalue weighted by molar-refractivity contribution is 8.24. The number of rotatable bonds is 2. The number of hydrogen-bond donors (Lipinski definition) is 0. The predicted octanol–water partition coefficient (Wildman–Crippen LogP) is 1.26. The van der Waals surface area contributed by atoms with Gasteiger partial charge in [-0.25, -0.2) is 0 Å². The van der Waals surface area contributed by atoms with Crippen molar-refractivity contribution in [3.8, 4) is 0 Å². The number of thiocarbonyl (C=S) groups is 1. The van der Waals surface area contributed by atoms with Crippen molar-refractivity contribution in [2.24, 2.45) is 5.92 Å². The van der Waals surface area contributed by atoms with Crippen LogP contribution in [0.15, 0.2) is 0 Å². The van der Waals surface area contributed by atoms with Gasteiger partial charge < -0.3 is 4.74 Å². The lowest BCUT2D eigenvalue weighted by atomic mass is 10.1. The SMILES string of the molecule is O=C1C[C@@H](SC(=S)[C@@H]2CCCC2=O)C(=O)O1. The zero-order valence-corrected chi connectivity index (χ0v) is 10.1. The third-order valence-electron chi connectivity index (χ3n) is 2.68. The summed E-state index contributed by atoms with van der Waals surface area (Å²) in [6.07, 6.45) is 2.25. The molecule has 2 fully saturated rings. The molecule has 0 N–H and O–H groups in total. The minimum absolute atomic E-state index is 0.0601. The standard InChI is InChI=1S/C10H10O4S2/c11-6-3-1-2-5(6)10(15)16-7-4-8(12)14-9(7)13/h5,7H,1-4H2/t5-,7-/m1/s1. The first-order valence-corrected chi connectivity index (χ1v) is 6.34. The average molecular weight is 258 g/mol. The Morgan fingerprint density at radius 3 is 2.62 bits per heavy atom. The molecular formula is C10H10O4S2. The van der Waals surface area contributed by atoms with E-state index >= 15 is 0 Å². The predicted molar refractivity (Wildman–Crippen MR) is 62.0 cm³/mol. The fourth-order valence-corrected chi connectivity index (χ4v) is 3.49. The van der Waals surface area contributed by atoms with Gasteiger partial charge in [0.25, 0.3) is 0 Å². The number of hydrogen-bond acceptors (Lipinski definition) is 6. The van der Waals surface area contributed by atoms with E-state index in [0.29, 0.717) is 10.6 Å². The van der Waals surface area contributed by atoms with E-state index in [2.05, 4.69) is 4.74 Å². The molecule has 2 atom stereocenters. The van der Waals surface area contributed by atoms with Crippen LogP contribution in [0.2, 0.25) is 0 Å². The maximum absolute atomic E-state index is 11.5. The van der Waals surface area contributed by atoms with Crippen molar-refractivity contribution in [2.75, 3.05) is 0 Å². The summed E-state index contributed by atoms with van der Waals surface area (Å²) >= 11 is 6.28. The molecule has 0 unspecified atom stereocenters. The van der Waals surface area contributed by atoms with Crippen molar-refractivity contribution >= 4 is 45.9 Å². The van der Waals surface area contributed by atoms with E-state index in [0.717, 1.165) is 24.6 Å². The van der Waals surface area contributed by atoms with Crippen molar-refractivity contribution in [3.63, 3.8) is 0 Å². The highest BCUT2D eigenvalue weighted by Crippen LogP contribution is 2.32. The normalized spacial score (nSPS) is 29.6. The number of esters is 2. The van der Waals surface area contributed by atoms with Crippen LogP contribution >= 0.6 is 24.0 Å². The van der Waals surface area contributed by atoms with E-state index in [1.54, 1.807) is 0 Å². The van der Waals surface area contributed by atoms with Crippen LogP contribution in [0.3, 0.4) is 0 Å². The summed E-state index contributed by atoms with van der Waals surface area (Å²) in [4.78, 5) is 33.5. The van der Waals surface area contributed by atoms with Gasteiger partial charge in [-0.1, -0.05) is 12.2 Å². The summed E-state index contributed by atoms with van der Waals surface area (Å²) in [5, 5.41) is -0.548. The molecule has 4 nitrogen and oxygen atoms in total. The second-order valence-electron chi connectivity index (χ2n) is 3.83. The number of carbonyl (C=O) groups excluding carboxylic acids is 3. The lowest BCUT2D eigenvalue weighted by Gasteiger charge is -2.10. The van der Waals surface area contributed by atoms with Gasteiger partial charge in [-0.3, -0.25) is 14.4 Å². The van der Waals surface area contributed by atoms with Gasteiger partial charge in [0.2, 0.25) is 0 Å². The van der Waals surface area contributed by atoms with E-state index in [1.165, 1.54) is 0 Å².